The highest BCUT2D eigenvalue weighted by Gasteiger charge is 2.26. The lowest BCUT2D eigenvalue weighted by molar-refractivity contribution is 0.0740. The van der Waals surface area contributed by atoms with Gasteiger partial charge < -0.3 is 14.7 Å². The normalized spacial score (nSPS) is 20.1. The molecule has 0 N–H and O–H groups in total. The van der Waals surface area contributed by atoms with Crippen molar-refractivity contribution in [3.63, 3.8) is 0 Å². The number of carbonyl (C=O) groups excluding carboxylic acids is 1. The number of rotatable bonds is 4. The molecule has 0 bridgehead atoms. The van der Waals surface area contributed by atoms with Crippen LogP contribution in [0.5, 0.6) is 0 Å². The van der Waals surface area contributed by atoms with Crippen LogP contribution in [-0.2, 0) is 0 Å². The van der Waals surface area contributed by atoms with Gasteiger partial charge in [-0.1, -0.05) is 19.1 Å². The first-order valence-corrected chi connectivity index (χ1v) is 10.7. The number of piperazine rings is 1. The van der Waals surface area contributed by atoms with Crippen LogP contribution in [0, 0.1) is 5.82 Å². The van der Waals surface area contributed by atoms with E-state index in [4.69, 9.17) is 0 Å². The first-order valence-electron chi connectivity index (χ1n) is 10.7. The average Bonchev–Trinajstić information content (AvgIpc) is 2.79. The van der Waals surface area contributed by atoms with Crippen LogP contribution in [0.1, 0.15) is 43.1 Å². The predicted molar refractivity (Wildman–Crippen MR) is 114 cm³/mol. The molecule has 2 saturated heterocycles. The molecule has 3 heterocycles. The zero-order valence-electron chi connectivity index (χ0n) is 17.1. The number of piperidine rings is 1. The fraction of sp³-hybridized carbons (Fsp3) is 0.478. The van der Waals surface area contributed by atoms with Crippen LogP contribution in [0.15, 0.2) is 42.6 Å². The van der Waals surface area contributed by atoms with Crippen LogP contribution < -0.4 is 9.80 Å². The quantitative estimate of drug-likeness (QED) is 0.785. The van der Waals surface area contributed by atoms with Crippen molar-refractivity contribution >= 4 is 17.3 Å². The molecule has 4 rings (SSSR count). The summed E-state index contributed by atoms with van der Waals surface area (Å²) >= 11 is 0. The second kappa shape index (κ2) is 8.80. The molecule has 1 unspecified atom stereocenters. The van der Waals surface area contributed by atoms with E-state index < -0.39 is 0 Å². The molecular weight excluding hydrogens is 367 g/mol. The summed E-state index contributed by atoms with van der Waals surface area (Å²) in [4.78, 5) is 23.7. The topological polar surface area (TPSA) is 39.7 Å². The number of hydrogen-bond acceptors (Lipinski definition) is 4. The van der Waals surface area contributed by atoms with Gasteiger partial charge in [0.2, 0.25) is 0 Å². The lowest BCUT2D eigenvalue weighted by Crippen LogP contribution is -2.49. The number of aromatic nitrogens is 1. The summed E-state index contributed by atoms with van der Waals surface area (Å²) in [7, 11) is 0. The van der Waals surface area contributed by atoms with Crippen LogP contribution in [0.3, 0.4) is 0 Å². The largest absolute Gasteiger partial charge is 0.368 e. The van der Waals surface area contributed by atoms with Gasteiger partial charge in [0.15, 0.2) is 0 Å². The van der Waals surface area contributed by atoms with E-state index in [1.807, 2.05) is 28.0 Å². The van der Waals surface area contributed by atoms with Crippen molar-refractivity contribution in [2.75, 3.05) is 42.5 Å². The molecule has 1 aromatic carbocycles. The maximum Gasteiger partial charge on any atom is 0.272 e. The molecule has 5 nitrogen and oxygen atoms in total. The van der Waals surface area contributed by atoms with Gasteiger partial charge in [-0.25, -0.2) is 4.39 Å². The summed E-state index contributed by atoms with van der Waals surface area (Å²) in [6.45, 7) is 5.65. The lowest BCUT2D eigenvalue weighted by Gasteiger charge is -2.38. The van der Waals surface area contributed by atoms with E-state index in [0.717, 1.165) is 18.7 Å². The van der Waals surface area contributed by atoms with Gasteiger partial charge in [-0.2, -0.15) is 0 Å². The number of pyridine rings is 1. The van der Waals surface area contributed by atoms with Crippen LogP contribution in [0.4, 0.5) is 15.8 Å². The van der Waals surface area contributed by atoms with Crippen molar-refractivity contribution in [1.82, 2.24) is 9.88 Å². The molecule has 2 aliphatic rings. The standard InChI is InChI=1S/C23H29FN4O/c1-2-18-7-5-6-12-28(18)19-10-11-25-21(17-19)23(29)27-15-13-26(14-16-27)22-9-4-3-8-20(22)24/h3-4,8-11,17-18H,2,5-7,12-16H2,1H3. The third-order valence-electron chi connectivity index (χ3n) is 6.15. The van der Waals surface area contributed by atoms with Gasteiger partial charge in [-0.15, -0.1) is 0 Å². The summed E-state index contributed by atoms with van der Waals surface area (Å²) in [6.07, 6.45) is 6.54. The van der Waals surface area contributed by atoms with E-state index in [1.54, 1.807) is 18.3 Å². The molecule has 2 aromatic rings. The molecule has 6 heteroatoms. The van der Waals surface area contributed by atoms with Crippen LogP contribution >= 0.6 is 0 Å². The van der Waals surface area contributed by atoms with Crippen molar-refractivity contribution in [3.8, 4) is 0 Å². The smallest absolute Gasteiger partial charge is 0.272 e. The number of nitrogens with zero attached hydrogens (tertiary/aromatic N) is 4. The molecule has 154 valence electrons. The molecule has 0 radical (unpaired) electrons. The van der Waals surface area contributed by atoms with Crippen LogP contribution in [-0.4, -0.2) is 54.6 Å². The van der Waals surface area contributed by atoms with E-state index >= 15 is 0 Å². The Hall–Kier alpha value is -2.63. The Kier molecular flexibility index (Phi) is 5.97. The zero-order chi connectivity index (χ0) is 20.2. The number of hydrogen-bond donors (Lipinski definition) is 0. The molecule has 29 heavy (non-hydrogen) atoms. The van der Waals surface area contributed by atoms with Gasteiger partial charge in [0.05, 0.1) is 5.69 Å². The average molecular weight is 397 g/mol. The number of para-hydroxylation sites is 1. The highest BCUT2D eigenvalue weighted by molar-refractivity contribution is 5.93. The van der Waals surface area contributed by atoms with Crippen molar-refractivity contribution in [1.29, 1.82) is 0 Å². The van der Waals surface area contributed by atoms with Crippen molar-refractivity contribution < 1.29 is 9.18 Å². The maximum atomic E-state index is 14.0. The molecule has 1 atom stereocenters. The van der Waals surface area contributed by atoms with E-state index in [2.05, 4.69) is 16.8 Å². The summed E-state index contributed by atoms with van der Waals surface area (Å²) in [6, 6.07) is 11.3. The molecule has 0 spiro atoms. The van der Waals surface area contributed by atoms with Crippen molar-refractivity contribution in [2.45, 2.75) is 38.6 Å². The Bertz CT molecular complexity index is 850. The minimum absolute atomic E-state index is 0.0370. The minimum atomic E-state index is -0.214. The Morgan fingerprint density at radius 2 is 1.90 bits per heavy atom. The van der Waals surface area contributed by atoms with Crippen LogP contribution in [0.25, 0.3) is 0 Å². The van der Waals surface area contributed by atoms with E-state index in [0.29, 0.717) is 43.6 Å². The predicted octanol–water partition coefficient (Wildman–Crippen LogP) is 3.95. The third-order valence-corrected chi connectivity index (χ3v) is 6.15. The molecule has 0 saturated carbocycles. The molecule has 1 aromatic heterocycles. The van der Waals surface area contributed by atoms with Crippen LogP contribution in [0.2, 0.25) is 0 Å². The first kappa shape index (κ1) is 19.7. The monoisotopic (exact) mass is 396 g/mol. The van der Waals surface area contributed by atoms with Gasteiger partial charge in [-0.3, -0.25) is 9.78 Å². The maximum absolute atomic E-state index is 14.0. The first-order chi connectivity index (χ1) is 14.2. The van der Waals surface area contributed by atoms with Gasteiger partial charge in [0.25, 0.3) is 5.91 Å². The van der Waals surface area contributed by atoms with Gasteiger partial charge in [0.1, 0.15) is 11.5 Å². The SMILES string of the molecule is CCC1CCCCN1c1ccnc(C(=O)N2CCN(c3ccccc3F)CC2)c1. The van der Waals surface area contributed by atoms with E-state index in [-0.39, 0.29) is 11.7 Å². The second-order valence-electron chi connectivity index (χ2n) is 7.88. The van der Waals surface area contributed by atoms with Gasteiger partial charge in [-0.05, 0) is 49.9 Å². The Morgan fingerprint density at radius 1 is 1.10 bits per heavy atom. The van der Waals surface area contributed by atoms with E-state index in [1.165, 1.54) is 25.3 Å². The summed E-state index contributed by atoms with van der Waals surface area (Å²) in [5, 5.41) is 0. The van der Waals surface area contributed by atoms with Crippen molar-refractivity contribution in [3.05, 3.63) is 54.1 Å². The number of carbonyl (C=O) groups is 1. The minimum Gasteiger partial charge on any atom is -0.368 e. The fourth-order valence-corrected chi connectivity index (χ4v) is 4.50. The summed E-state index contributed by atoms with van der Waals surface area (Å²) in [5.41, 5.74) is 2.21. The third kappa shape index (κ3) is 4.21. The number of amides is 1. The Morgan fingerprint density at radius 3 is 2.66 bits per heavy atom. The number of benzene rings is 1. The Labute approximate surface area is 172 Å². The van der Waals surface area contributed by atoms with Gasteiger partial charge >= 0.3 is 0 Å². The molecule has 0 aliphatic carbocycles. The molecule has 2 aliphatic heterocycles. The number of halogens is 1. The molecular formula is C23H29FN4O. The lowest BCUT2D eigenvalue weighted by atomic mass is 9.99. The zero-order valence-corrected chi connectivity index (χ0v) is 17.1. The highest BCUT2D eigenvalue weighted by Crippen LogP contribution is 2.27. The van der Waals surface area contributed by atoms with Gasteiger partial charge in [0, 0.05) is 50.6 Å². The summed E-state index contributed by atoms with van der Waals surface area (Å²) < 4.78 is 14.0. The molecule has 1 amide bonds. The fourth-order valence-electron chi connectivity index (χ4n) is 4.50. The van der Waals surface area contributed by atoms with E-state index in [9.17, 15) is 9.18 Å². The second-order valence-corrected chi connectivity index (χ2v) is 7.88. The number of anilines is 2. The summed E-state index contributed by atoms with van der Waals surface area (Å²) in [5.74, 6) is -0.251. The molecule has 2 fully saturated rings. The highest BCUT2D eigenvalue weighted by atomic mass is 19.1. The Balaban J connectivity index is 1.43. The van der Waals surface area contributed by atoms with Crippen molar-refractivity contribution in [2.24, 2.45) is 0 Å².